The Labute approximate surface area is 199 Å². The van der Waals surface area contributed by atoms with E-state index in [-0.39, 0.29) is 24.1 Å². The standard InChI is InChI=1S/C26H20FN7O/c27-19-7-3-2-6-18(19)23-17(11-15-5-1-4-8-20(15)32-23)13-34-25-22(24(28)30-14-31-25)21(33-34)12-16-9-10-29-26(16)35/h1-8,11-12,14H,9-10,13H2,(H,29,35)(H2,28,30,31)/b16-12-. The highest BCUT2D eigenvalue weighted by Crippen LogP contribution is 2.30. The quantitative estimate of drug-likeness (QED) is 0.392. The zero-order valence-corrected chi connectivity index (χ0v) is 18.6. The first kappa shape index (κ1) is 20.9. The molecule has 1 amide bonds. The summed E-state index contributed by atoms with van der Waals surface area (Å²) in [5, 5.41) is 9.04. The van der Waals surface area contributed by atoms with E-state index in [9.17, 15) is 9.18 Å². The summed E-state index contributed by atoms with van der Waals surface area (Å²) in [4.78, 5) is 25.5. The van der Waals surface area contributed by atoms with Crippen LogP contribution in [0.2, 0.25) is 0 Å². The van der Waals surface area contributed by atoms with Gasteiger partial charge in [-0.05, 0) is 36.8 Å². The van der Waals surface area contributed by atoms with Gasteiger partial charge in [0.05, 0.1) is 28.8 Å². The van der Waals surface area contributed by atoms with Gasteiger partial charge in [-0.2, -0.15) is 5.10 Å². The Kier molecular flexibility index (Phi) is 4.95. The maximum atomic E-state index is 14.8. The van der Waals surface area contributed by atoms with Gasteiger partial charge in [-0.15, -0.1) is 0 Å². The smallest absolute Gasteiger partial charge is 0.247 e. The second-order valence-electron chi connectivity index (χ2n) is 8.34. The molecule has 35 heavy (non-hydrogen) atoms. The lowest BCUT2D eigenvalue weighted by Crippen LogP contribution is -2.14. The van der Waals surface area contributed by atoms with Crippen LogP contribution in [0.4, 0.5) is 10.2 Å². The minimum atomic E-state index is -0.355. The van der Waals surface area contributed by atoms with Crippen molar-refractivity contribution >= 4 is 39.7 Å². The van der Waals surface area contributed by atoms with Gasteiger partial charge in [0.1, 0.15) is 18.0 Å². The molecule has 1 fully saturated rings. The normalized spacial score (nSPS) is 14.8. The molecule has 4 heterocycles. The number of amides is 1. The number of carbonyl (C=O) groups is 1. The van der Waals surface area contributed by atoms with Crippen molar-refractivity contribution in [1.82, 2.24) is 30.0 Å². The fraction of sp³-hybridized carbons (Fsp3) is 0.115. The van der Waals surface area contributed by atoms with Crippen LogP contribution >= 0.6 is 0 Å². The highest BCUT2D eigenvalue weighted by Gasteiger charge is 2.21. The number of para-hydroxylation sites is 1. The van der Waals surface area contributed by atoms with E-state index in [1.807, 2.05) is 30.3 Å². The Bertz CT molecular complexity index is 1660. The van der Waals surface area contributed by atoms with E-state index in [0.717, 1.165) is 16.5 Å². The predicted molar refractivity (Wildman–Crippen MR) is 132 cm³/mol. The number of aromatic nitrogens is 5. The summed E-state index contributed by atoms with van der Waals surface area (Å²) in [7, 11) is 0. The third kappa shape index (κ3) is 3.67. The number of nitrogens with two attached hydrogens (primary N) is 1. The van der Waals surface area contributed by atoms with Gasteiger partial charge in [-0.25, -0.2) is 24.0 Å². The van der Waals surface area contributed by atoms with E-state index in [4.69, 9.17) is 15.8 Å². The van der Waals surface area contributed by atoms with Crippen LogP contribution in [-0.4, -0.2) is 37.2 Å². The van der Waals surface area contributed by atoms with Crippen LogP contribution in [0.15, 0.2) is 66.5 Å². The molecule has 0 unspecified atom stereocenters. The van der Waals surface area contributed by atoms with Gasteiger partial charge in [0, 0.05) is 28.6 Å². The first-order valence-corrected chi connectivity index (χ1v) is 11.2. The number of nitrogens with one attached hydrogen (secondary N) is 1. The summed E-state index contributed by atoms with van der Waals surface area (Å²) < 4.78 is 16.5. The molecule has 0 atom stereocenters. The number of rotatable bonds is 4. The molecule has 1 saturated heterocycles. The number of pyridine rings is 1. The average Bonchev–Trinajstić information content (AvgIpc) is 3.43. The molecule has 1 aliphatic rings. The van der Waals surface area contributed by atoms with E-state index in [0.29, 0.717) is 46.5 Å². The van der Waals surface area contributed by atoms with Crippen LogP contribution in [0.3, 0.4) is 0 Å². The molecule has 0 bridgehead atoms. The van der Waals surface area contributed by atoms with Crippen molar-refractivity contribution in [2.45, 2.75) is 13.0 Å². The molecule has 172 valence electrons. The number of halogens is 1. The summed E-state index contributed by atoms with van der Waals surface area (Å²) >= 11 is 0. The summed E-state index contributed by atoms with van der Waals surface area (Å²) in [6.45, 7) is 0.855. The molecule has 9 heteroatoms. The van der Waals surface area contributed by atoms with Crippen molar-refractivity contribution in [1.29, 1.82) is 0 Å². The van der Waals surface area contributed by atoms with E-state index < -0.39 is 0 Å². The highest BCUT2D eigenvalue weighted by atomic mass is 19.1. The van der Waals surface area contributed by atoms with Crippen LogP contribution in [-0.2, 0) is 11.3 Å². The maximum Gasteiger partial charge on any atom is 0.247 e. The number of carbonyl (C=O) groups excluding carboxylic acids is 1. The van der Waals surface area contributed by atoms with Crippen molar-refractivity contribution in [3.05, 3.63) is 83.6 Å². The molecule has 0 spiro atoms. The van der Waals surface area contributed by atoms with Gasteiger partial charge in [0.2, 0.25) is 5.91 Å². The Morgan fingerprint density at radius 3 is 2.77 bits per heavy atom. The maximum absolute atomic E-state index is 14.8. The molecule has 6 rings (SSSR count). The first-order chi connectivity index (χ1) is 17.1. The predicted octanol–water partition coefficient (Wildman–Crippen LogP) is 3.71. The topological polar surface area (TPSA) is 112 Å². The highest BCUT2D eigenvalue weighted by molar-refractivity contribution is 6.02. The molecule has 0 radical (unpaired) electrons. The lowest BCUT2D eigenvalue weighted by Gasteiger charge is -2.12. The minimum Gasteiger partial charge on any atom is -0.383 e. The van der Waals surface area contributed by atoms with Crippen molar-refractivity contribution in [3.63, 3.8) is 0 Å². The third-order valence-corrected chi connectivity index (χ3v) is 6.12. The number of nitrogens with zero attached hydrogens (tertiary/aromatic N) is 5. The summed E-state index contributed by atoms with van der Waals surface area (Å²) in [6.07, 6.45) is 3.72. The van der Waals surface area contributed by atoms with E-state index in [1.165, 1.54) is 12.4 Å². The number of fused-ring (bicyclic) bond motifs is 2. The molecule has 1 aliphatic heterocycles. The molecule has 2 aromatic carbocycles. The van der Waals surface area contributed by atoms with Gasteiger partial charge in [-0.1, -0.05) is 30.3 Å². The largest absolute Gasteiger partial charge is 0.383 e. The van der Waals surface area contributed by atoms with Crippen molar-refractivity contribution in [3.8, 4) is 11.3 Å². The van der Waals surface area contributed by atoms with E-state index in [1.54, 1.807) is 29.0 Å². The summed E-state index contributed by atoms with van der Waals surface area (Å²) in [6, 6.07) is 16.3. The van der Waals surface area contributed by atoms with Gasteiger partial charge >= 0.3 is 0 Å². The lowest BCUT2D eigenvalue weighted by molar-refractivity contribution is -0.116. The zero-order valence-electron chi connectivity index (χ0n) is 18.6. The van der Waals surface area contributed by atoms with Crippen LogP contribution in [0.25, 0.3) is 39.3 Å². The van der Waals surface area contributed by atoms with Crippen LogP contribution in [0.1, 0.15) is 17.7 Å². The molecule has 0 aliphatic carbocycles. The lowest BCUT2D eigenvalue weighted by atomic mass is 10.0. The molecule has 8 nitrogen and oxygen atoms in total. The Hall–Kier alpha value is -4.66. The monoisotopic (exact) mass is 465 g/mol. The number of nitrogen functional groups attached to an aromatic ring is 1. The average molecular weight is 465 g/mol. The molecule has 3 aromatic heterocycles. The second-order valence-corrected chi connectivity index (χ2v) is 8.34. The van der Waals surface area contributed by atoms with E-state index in [2.05, 4.69) is 15.3 Å². The van der Waals surface area contributed by atoms with Crippen LogP contribution < -0.4 is 11.1 Å². The second kappa shape index (κ2) is 8.28. The first-order valence-electron chi connectivity index (χ1n) is 11.2. The van der Waals surface area contributed by atoms with Crippen LogP contribution in [0.5, 0.6) is 0 Å². The fourth-order valence-corrected chi connectivity index (χ4v) is 4.44. The SMILES string of the molecule is Nc1ncnc2c1c(/C=C1/CCNC1=O)nn2Cc1cc2ccccc2nc1-c1ccccc1F. The number of benzene rings is 2. The summed E-state index contributed by atoms with van der Waals surface area (Å²) in [5.41, 5.74) is 10.3. The Morgan fingerprint density at radius 1 is 1.11 bits per heavy atom. The molecule has 3 N–H and O–H groups in total. The molecular formula is C26H20FN7O. The Morgan fingerprint density at radius 2 is 1.94 bits per heavy atom. The van der Waals surface area contributed by atoms with Crippen molar-refractivity contribution < 1.29 is 9.18 Å². The summed E-state index contributed by atoms with van der Waals surface area (Å²) in [5.74, 6) is -0.202. The number of anilines is 1. The minimum absolute atomic E-state index is 0.122. The third-order valence-electron chi connectivity index (χ3n) is 6.12. The molecule has 0 saturated carbocycles. The van der Waals surface area contributed by atoms with E-state index >= 15 is 0 Å². The number of hydrogen-bond donors (Lipinski definition) is 2. The van der Waals surface area contributed by atoms with Gasteiger partial charge < -0.3 is 11.1 Å². The van der Waals surface area contributed by atoms with Gasteiger partial charge in [-0.3, -0.25) is 4.79 Å². The number of hydrogen-bond acceptors (Lipinski definition) is 6. The zero-order chi connectivity index (χ0) is 23.9. The van der Waals surface area contributed by atoms with Crippen LogP contribution in [0, 0.1) is 5.82 Å². The Balaban J connectivity index is 1.54. The fourth-order valence-electron chi connectivity index (χ4n) is 4.44. The van der Waals surface area contributed by atoms with Gasteiger partial charge in [0.15, 0.2) is 5.65 Å². The molecular weight excluding hydrogens is 445 g/mol. The van der Waals surface area contributed by atoms with Crippen molar-refractivity contribution in [2.75, 3.05) is 12.3 Å². The van der Waals surface area contributed by atoms with Crippen molar-refractivity contribution in [2.24, 2.45) is 0 Å². The van der Waals surface area contributed by atoms with Gasteiger partial charge in [0.25, 0.3) is 0 Å². The molecule has 5 aromatic rings.